The number of hydrogen-bond acceptors (Lipinski definition) is 5. The molecule has 0 saturated heterocycles. The molecule has 0 radical (unpaired) electrons. The molecule has 0 spiro atoms. The number of rotatable bonds is 5. The largest absolute Gasteiger partial charge is 0.409 e. The van der Waals surface area contributed by atoms with Crippen molar-refractivity contribution in [1.29, 1.82) is 0 Å². The molecule has 0 unspecified atom stereocenters. The smallest absolute Gasteiger partial charge is 0.320 e. The second-order valence-corrected chi connectivity index (χ2v) is 4.41. The average Bonchev–Trinajstić information content (AvgIpc) is 2.76. The molecule has 0 amide bonds. The van der Waals surface area contributed by atoms with Crippen molar-refractivity contribution < 1.29 is 14.3 Å². The van der Waals surface area contributed by atoms with E-state index in [4.69, 9.17) is 14.3 Å². The van der Waals surface area contributed by atoms with Gasteiger partial charge in [0.15, 0.2) is 5.04 Å². The topological polar surface area (TPSA) is 40.0 Å². The predicted octanol–water partition coefficient (Wildman–Crippen LogP) is 2.80. The molecule has 2 rings (SSSR count). The van der Waals surface area contributed by atoms with Crippen molar-refractivity contribution in [1.82, 2.24) is 0 Å². The van der Waals surface area contributed by atoms with E-state index in [1.165, 1.54) is 11.8 Å². The lowest BCUT2D eigenvalue weighted by molar-refractivity contribution is -0.311. The Hall–Kier alpha value is -1.04. The van der Waals surface area contributed by atoms with Gasteiger partial charge in [-0.05, 0) is 13.8 Å². The van der Waals surface area contributed by atoms with Crippen LogP contribution in [-0.2, 0) is 14.3 Å². The molecule has 0 bridgehead atoms. The van der Waals surface area contributed by atoms with Crippen LogP contribution in [0.5, 0.6) is 0 Å². The Bertz CT molecular complexity index is 388. The van der Waals surface area contributed by atoms with Gasteiger partial charge in [-0.3, -0.25) is 0 Å². The van der Waals surface area contributed by atoms with Crippen molar-refractivity contribution in [2.45, 2.75) is 19.2 Å². The lowest BCUT2D eigenvalue weighted by Gasteiger charge is -2.23. The maximum absolute atomic E-state index is 5.49. The Morgan fingerprint density at radius 1 is 1.18 bits per heavy atom. The van der Waals surface area contributed by atoms with E-state index in [0.29, 0.717) is 13.2 Å². The van der Waals surface area contributed by atoms with Crippen LogP contribution in [0.15, 0.2) is 35.5 Å². The molecule has 0 N–H and O–H groups in total. The van der Waals surface area contributed by atoms with Gasteiger partial charge in [0, 0.05) is 17.3 Å². The lowest BCUT2D eigenvalue weighted by Crippen LogP contribution is -2.32. The summed E-state index contributed by atoms with van der Waals surface area (Å²) < 4.78 is 11.0. The summed E-state index contributed by atoms with van der Waals surface area (Å²) >= 11 is 1.34. The van der Waals surface area contributed by atoms with Gasteiger partial charge in [-0.1, -0.05) is 35.5 Å². The van der Waals surface area contributed by atoms with E-state index in [1.807, 2.05) is 44.2 Å². The second-order valence-electron chi connectivity index (χ2n) is 3.32. The molecule has 0 saturated carbocycles. The highest BCUT2D eigenvalue weighted by Gasteiger charge is 2.43. The van der Waals surface area contributed by atoms with Gasteiger partial charge in [0.1, 0.15) is 0 Å². The van der Waals surface area contributed by atoms with Gasteiger partial charge < -0.3 is 14.3 Å². The minimum atomic E-state index is -1.12. The van der Waals surface area contributed by atoms with Crippen LogP contribution in [0.3, 0.4) is 0 Å². The quantitative estimate of drug-likeness (QED) is 0.756. The van der Waals surface area contributed by atoms with Gasteiger partial charge in [0.2, 0.25) is 0 Å². The summed E-state index contributed by atoms with van der Waals surface area (Å²) in [6.07, 6.45) is 0. The van der Waals surface area contributed by atoms with E-state index < -0.39 is 5.31 Å². The molecule has 0 aliphatic carbocycles. The minimum Gasteiger partial charge on any atom is -0.320 e. The number of nitrogens with zero attached hydrogens (tertiary/aromatic N) is 1. The number of oxime groups is 1. The fourth-order valence-corrected chi connectivity index (χ4v) is 2.45. The maximum atomic E-state index is 5.49. The van der Waals surface area contributed by atoms with E-state index >= 15 is 0 Å². The number of thioether (sulfide) groups is 1. The van der Waals surface area contributed by atoms with Gasteiger partial charge in [-0.25, -0.2) is 0 Å². The molecule has 1 heterocycles. The molecule has 0 atom stereocenters. The number of hydrogen-bond donors (Lipinski definition) is 0. The van der Waals surface area contributed by atoms with Crippen LogP contribution in [-0.4, -0.2) is 23.6 Å². The molecule has 4 nitrogen and oxygen atoms in total. The summed E-state index contributed by atoms with van der Waals surface area (Å²) in [5.74, 6) is 0. The summed E-state index contributed by atoms with van der Waals surface area (Å²) in [7, 11) is 0. The molecule has 92 valence electrons. The fraction of sp³-hybridized carbons (Fsp3) is 0.417. The van der Waals surface area contributed by atoms with Crippen LogP contribution in [0.4, 0.5) is 0 Å². The average molecular weight is 253 g/mol. The lowest BCUT2D eigenvalue weighted by atomic mass is 10.2. The summed E-state index contributed by atoms with van der Waals surface area (Å²) in [4.78, 5) is 5.29. The van der Waals surface area contributed by atoms with Crippen LogP contribution in [0.2, 0.25) is 0 Å². The second kappa shape index (κ2) is 5.53. The zero-order valence-electron chi connectivity index (χ0n) is 9.88. The van der Waals surface area contributed by atoms with E-state index in [2.05, 4.69) is 5.16 Å². The first-order valence-electron chi connectivity index (χ1n) is 5.58. The van der Waals surface area contributed by atoms with E-state index in [-0.39, 0.29) is 0 Å². The summed E-state index contributed by atoms with van der Waals surface area (Å²) in [6, 6.07) is 9.83. The molecular weight excluding hydrogens is 238 g/mol. The first kappa shape index (κ1) is 12.4. The third-order valence-corrected chi connectivity index (χ3v) is 3.19. The normalized spacial score (nSPS) is 17.6. The Kier molecular flexibility index (Phi) is 4.04. The van der Waals surface area contributed by atoms with Crippen molar-refractivity contribution >= 4 is 16.8 Å². The SMILES string of the molecule is CCOC1(OCC)ON=C(c2ccccc2)S1. The third-order valence-electron chi connectivity index (χ3n) is 2.13. The molecule has 1 aliphatic rings. The number of ether oxygens (including phenoxy) is 2. The molecule has 17 heavy (non-hydrogen) atoms. The Labute approximate surface area is 105 Å². The first-order chi connectivity index (χ1) is 8.29. The van der Waals surface area contributed by atoms with Gasteiger partial charge in [0.05, 0.1) is 13.2 Å². The van der Waals surface area contributed by atoms with E-state index in [0.717, 1.165) is 10.6 Å². The van der Waals surface area contributed by atoms with Crippen LogP contribution in [0.1, 0.15) is 19.4 Å². The monoisotopic (exact) mass is 253 g/mol. The zero-order chi connectivity index (χ0) is 12.1. The minimum absolute atomic E-state index is 0.505. The highest BCUT2D eigenvalue weighted by molar-refractivity contribution is 8.15. The van der Waals surface area contributed by atoms with Gasteiger partial charge in [0.25, 0.3) is 0 Å². The Balaban J connectivity index is 2.10. The molecule has 0 fully saturated rings. The fourth-order valence-electron chi connectivity index (χ4n) is 1.45. The molecular formula is C12H15NO3S. The van der Waals surface area contributed by atoms with Crippen LogP contribution >= 0.6 is 11.8 Å². The van der Waals surface area contributed by atoms with Crippen molar-refractivity contribution in [3.05, 3.63) is 35.9 Å². The summed E-state index contributed by atoms with van der Waals surface area (Å²) in [5, 5.41) is 3.68. The van der Waals surface area contributed by atoms with Crippen molar-refractivity contribution in [3.8, 4) is 0 Å². The van der Waals surface area contributed by atoms with Crippen molar-refractivity contribution in [2.24, 2.45) is 5.16 Å². The maximum Gasteiger partial charge on any atom is 0.409 e. The Morgan fingerprint density at radius 3 is 2.41 bits per heavy atom. The predicted molar refractivity (Wildman–Crippen MR) is 67.6 cm³/mol. The van der Waals surface area contributed by atoms with Gasteiger partial charge in [-0.2, -0.15) is 0 Å². The number of benzene rings is 1. The third kappa shape index (κ3) is 2.80. The van der Waals surface area contributed by atoms with Gasteiger partial charge >= 0.3 is 5.31 Å². The molecule has 1 aromatic carbocycles. The standard InChI is InChI=1S/C12H15NO3S/c1-3-14-12(15-4-2)16-13-11(17-12)10-8-6-5-7-9-10/h5-9H,3-4H2,1-2H3. The highest BCUT2D eigenvalue weighted by atomic mass is 32.2. The Morgan fingerprint density at radius 2 is 1.82 bits per heavy atom. The summed E-state index contributed by atoms with van der Waals surface area (Å²) in [6.45, 7) is 4.80. The summed E-state index contributed by atoms with van der Waals surface area (Å²) in [5.41, 5.74) is 0.999. The van der Waals surface area contributed by atoms with Crippen LogP contribution in [0, 0.1) is 0 Å². The van der Waals surface area contributed by atoms with E-state index in [9.17, 15) is 0 Å². The zero-order valence-corrected chi connectivity index (χ0v) is 10.7. The van der Waals surface area contributed by atoms with Crippen molar-refractivity contribution in [3.63, 3.8) is 0 Å². The molecule has 0 aromatic heterocycles. The molecule has 5 heteroatoms. The van der Waals surface area contributed by atoms with Gasteiger partial charge in [-0.15, -0.1) is 0 Å². The van der Waals surface area contributed by atoms with Crippen LogP contribution < -0.4 is 0 Å². The van der Waals surface area contributed by atoms with Crippen LogP contribution in [0.25, 0.3) is 0 Å². The van der Waals surface area contributed by atoms with E-state index in [1.54, 1.807) is 0 Å². The molecule has 1 aliphatic heterocycles. The first-order valence-corrected chi connectivity index (χ1v) is 6.40. The van der Waals surface area contributed by atoms with Crippen molar-refractivity contribution in [2.75, 3.05) is 13.2 Å². The molecule has 1 aromatic rings. The highest BCUT2D eigenvalue weighted by Crippen LogP contribution is 2.38.